The van der Waals surface area contributed by atoms with Crippen LogP contribution < -0.4 is 11.1 Å². The van der Waals surface area contributed by atoms with Crippen LogP contribution in [0.5, 0.6) is 0 Å². The van der Waals surface area contributed by atoms with Gasteiger partial charge >= 0.3 is 17.2 Å². The third-order valence-corrected chi connectivity index (χ3v) is 5.15. The highest BCUT2D eigenvalue weighted by Gasteiger charge is 2.36. The highest BCUT2D eigenvalue weighted by atomic mass is 35.5. The van der Waals surface area contributed by atoms with Gasteiger partial charge < -0.3 is 14.6 Å². The molecule has 1 saturated heterocycles. The number of aromatic nitrogens is 3. The molecule has 1 amide bonds. The molecule has 0 radical (unpaired) electrons. The molecule has 1 aliphatic heterocycles. The van der Waals surface area contributed by atoms with Gasteiger partial charge in [0.1, 0.15) is 0 Å². The first-order chi connectivity index (χ1) is 11.7. The zero-order chi connectivity index (χ0) is 18.5. The van der Waals surface area contributed by atoms with Gasteiger partial charge in [0.25, 0.3) is 0 Å². The van der Waals surface area contributed by atoms with Crippen molar-refractivity contribution >= 4 is 28.9 Å². The maximum Gasteiger partial charge on any atom is 0.407 e. The number of carbonyl (C=O) groups is 1. The molecule has 8 nitrogen and oxygen atoms in total. The number of fused-ring (bicyclic) bond motifs is 1. The van der Waals surface area contributed by atoms with Gasteiger partial charge in [0, 0.05) is 31.9 Å². The van der Waals surface area contributed by atoms with E-state index in [2.05, 4.69) is 4.98 Å². The number of carboxylic acid groups (broad SMARTS) is 1. The van der Waals surface area contributed by atoms with Crippen LogP contribution in [0.25, 0.3) is 11.2 Å². The molecule has 134 valence electrons. The lowest BCUT2D eigenvalue weighted by atomic mass is 9.89. The molecule has 1 aliphatic rings. The summed E-state index contributed by atoms with van der Waals surface area (Å²) in [6.07, 6.45) is 0.883. The summed E-state index contributed by atoms with van der Waals surface area (Å²) < 4.78 is 2.65. The van der Waals surface area contributed by atoms with Crippen LogP contribution in [0.4, 0.5) is 4.79 Å². The van der Waals surface area contributed by atoms with E-state index in [0.717, 1.165) is 0 Å². The lowest BCUT2D eigenvalue weighted by Crippen LogP contribution is -2.51. The van der Waals surface area contributed by atoms with E-state index in [0.29, 0.717) is 22.6 Å². The van der Waals surface area contributed by atoms with Crippen LogP contribution in [0.1, 0.15) is 26.3 Å². The van der Waals surface area contributed by atoms with Gasteiger partial charge in [-0.25, -0.2) is 9.78 Å². The molecule has 9 heteroatoms. The van der Waals surface area contributed by atoms with E-state index >= 15 is 0 Å². The molecule has 3 atom stereocenters. The van der Waals surface area contributed by atoms with Crippen LogP contribution >= 0.6 is 11.6 Å². The van der Waals surface area contributed by atoms with Gasteiger partial charge in [-0.3, -0.25) is 14.2 Å². The van der Waals surface area contributed by atoms with E-state index < -0.39 is 17.2 Å². The van der Waals surface area contributed by atoms with E-state index in [1.54, 1.807) is 13.0 Å². The summed E-state index contributed by atoms with van der Waals surface area (Å²) in [4.78, 5) is 42.0. The Morgan fingerprint density at radius 3 is 2.64 bits per heavy atom. The number of halogens is 1. The minimum absolute atomic E-state index is 0.141. The maximum absolute atomic E-state index is 12.7. The summed E-state index contributed by atoms with van der Waals surface area (Å²) in [6.45, 7) is 3.96. The monoisotopic (exact) mass is 366 g/mol. The van der Waals surface area contributed by atoms with Crippen molar-refractivity contribution in [2.75, 3.05) is 6.54 Å². The van der Waals surface area contributed by atoms with Crippen molar-refractivity contribution < 1.29 is 9.90 Å². The van der Waals surface area contributed by atoms with E-state index in [4.69, 9.17) is 11.6 Å². The molecule has 25 heavy (non-hydrogen) atoms. The highest BCUT2D eigenvalue weighted by Crippen LogP contribution is 2.32. The summed E-state index contributed by atoms with van der Waals surface area (Å²) in [5, 5.41) is 9.67. The van der Waals surface area contributed by atoms with Crippen molar-refractivity contribution in [2.45, 2.75) is 32.4 Å². The second-order valence-electron chi connectivity index (χ2n) is 6.60. The lowest BCUT2D eigenvalue weighted by molar-refractivity contribution is 0.0728. The molecule has 1 fully saturated rings. The average Bonchev–Trinajstić information content (AvgIpc) is 2.56. The van der Waals surface area contributed by atoms with E-state index in [1.165, 1.54) is 27.3 Å². The molecule has 3 rings (SSSR count). The van der Waals surface area contributed by atoms with Crippen LogP contribution in [-0.4, -0.2) is 42.8 Å². The maximum atomic E-state index is 12.7. The van der Waals surface area contributed by atoms with Crippen molar-refractivity contribution in [1.29, 1.82) is 0 Å². The van der Waals surface area contributed by atoms with Gasteiger partial charge in [-0.15, -0.1) is 0 Å². The number of amides is 1. The Balaban J connectivity index is 2.21. The zero-order valence-corrected chi connectivity index (χ0v) is 14.9. The number of hydrogen-bond acceptors (Lipinski definition) is 4. The summed E-state index contributed by atoms with van der Waals surface area (Å²) in [7, 11) is 1.51. The van der Waals surface area contributed by atoms with Gasteiger partial charge in [0.05, 0.1) is 10.5 Å². The van der Waals surface area contributed by atoms with Crippen molar-refractivity contribution in [3.8, 4) is 0 Å². The third kappa shape index (κ3) is 2.80. The van der Waals surface area contributed by atoms with Crippen LogP contribution in [0, 0.1) is 5.92 Å². The van der Waals surface area contributed by atoms with E-state index in [1.807, 2.05) is 6.92 Å². The average molecular weight is 367 g/mol. The minimum atomic E-state index is -0.983. The molecule has 2 aromatic heterocycles. The molecule has 0 aromatic carbocycles. The van der Waals surface area contributed by atoms with Crippen molar-refractivity contribution in [3.05, 3.63) is 38.0 Å². The second-order valence-corrected chi connectivity index (χ2v) is 7.04. The second kappa shape index (κ2) is 6.18. The molecule has 1 N–H and O–H groups in total. The van der Waals surface area contributed by atoms with Crippen LogP contribution in [0.15, 0.2) is 21.9 Å². The molecule has 0 bridgehead atoms. The van der Waals surface area contributed by atoms with E-state index in [-0.39, 0.29) is 24.5 Å². The minimum Gasteiger partial charge on any atom is -0.465 e. The molecule has 2 aromatic rings. The molecule has 3 unspecified atom stereocenters. The Morgan fingerprint density at radius 2 is 2.00 bits per heavy atom. The van der Waals surface area contributed by atoms with Crippen molar-refractivity contribution in [3.63, 3.8) is 0 Å². The summed E-state index contributed by atoms with van der Waals surface area (Å²) in [6, 6.07) is 1.02. The molecule has 0 spiro atoms. The molecule has 0 saturated carbocycles. The Bertz CT molecular complexity index is 967. The molecule has 0 aliphatic carbocycles. The number of nitrogens with zero attached hydrogens (tertiary/aromatic N) is 4. The number of aryl methyl sites for hydroxylation is 1. The Hall–Kier alpha value is -2.35. The fraction of sp³-hybridized carbons (Fsp3) is 0.500. The number of likely N-dealkylation sites (tertiary alicyclic amines) is 1. The smallest absolute Gasteiger partial charge is 0.407 e. The Kier molecular flexibility index (Phi) is 4.32. The van der Waals surface area contributed by atoms with Gasteiger partial charge in [-0.05, 0) is 25.3 Å². The predicted octanol–water partition coefficient (Wildman–Crippen LogP) is 1.70. The summed E-state index contributed by atoms with van der Waals surface area (Å²) in [5.41, 5.74) is -0.461. The quantitative estimate of drug-likeness (QED) is 0.775. The first kappa shape index (κ1) is 17.5. The first-order valence-electron chi connectivity index (χ1n) is 7.98. The number of hydrogen-bond donors (Lipinski definition) is 1. The normalized spacial score (nSPS) is 23.8. The van der Waals surface area contributed by atoms with E-state index in [9.17, 15) is 19.5 Å². The topological polar surface area (TPSA) is 97.4 Å². The summed E-state index contributed by atoms with van der Waals surface area (Å²) >= 11 is 5.99. The van der Waals surface area contributed by atoms with Gasteiger partial charge in [-0.1, -0.05) is 18.5 Å². The Labute approximate surface area is 148 Å². The van der Waals surface area contributed by atoms with Gasteiger partial charge in [-0.2, -0.15) is 0 Å². The summed E-state index contributed by atoms with van der Waals surface area (Å²) in [5.74, 6) is -0.141. The highest BCUT2D eigenvalue weighted by molar-refractivity contribution is 6.31. The van der Waals surface area contributed by atoms with Crippen LogP contribution in [-0.2, 0) is 7.05 Å². The molecular weight excluding hydrogens is 348 g/mol. The SMILES string of the molecule is CC1CN(C(=O)O)C(C)CC1n1c(=O)c(=O)n(C)c2cc(Cl)cnc21. The van der Waals surface area contributed by atoms with Gasteiger partial charge in [0.2, 0.25) is 0 Å². The fourth-order valence-electron chi connectivity index (χ4n) is 3.56. The van der Waals surface area contributed by atoms with Crippen LogP contribution in [0.3, 0.4) is 0 Å². The first-order valence-corrected chi connectivity index (χ1v) is 8.36. The fourth-order valence-corrected chi connectivity index (χ4v) is 3.71. The third-order valence-electron chi connectivity index (χ3n) is 4.94. The number of piperidine rings is 1. The van der Waals surface area contributed by atoms with Crippen molar-refractivity contribution in [2.24, 2.45) is 13.0 Å². The number of rotatable bonds is 1. The lowest BCUT2D eigenvalue weighted by Gasteiger charge is -2.40. The standard InChI is InChI=1S/C16H19ClN4O4/c1-8-7-20(16(24)25)9(2)4-11(8)21-13-12(5-10(17)6-18-13)19(3)14(22)15(21)23/h5-6,8-9,11H,4,7H2,1-3H3,(H,24,25). The molecular formula is C16H19ClN4O4. The molecule has 3 heterocycles. The predicted molar refractivity (Wildman–Crippen MR) is 93.3 cm³/mol. The zero-order valence-electron chi connectivity index (χ0n) is 14.1. The number of pyridine rings is 1. The van der Waals surface area contributed by atoms with Crippen LogP contribution in [0.2, 0.25) is 5.02 Å². The Morgan fingerprint density at radius 1 is 1.32 bits per heavy atom. The van der Waals surface area contributed by atoms with Crippen molar-refractivity contribution in [1.82, 2.24) is 19.0 Å². The largest absolute Gasteiger partial charge is 0.465 e. The van der Waals surface area contributed by atoms with Gasteiger partial charge in [0.15, 0.2) is 5.65 Å².